The fourth-order valence-corrected chi connectivity index (χ4v) is 5.46. The molecule has 4 rings (SSSR count). The Hall–Kier alpha value is -2.77. The predicted octanol–water partition coefficient (Wildman–Crippen LogP) is 4.27. The van der Waals surface area contributed by atoms with E-state index in [1.165, 1.54) is 17.0 Å². The molecule has 2 aromatic carbocycles. The molecule has 8 heteroatoms. The van der Waals surface area contributed by atoms with Crippen molar-refractivity contribution in [1.82, 2.24) is 9.80 Å². The molecule has 0 spiro atoms. The van der Waals surface area contributed by atoms with E-state index in [4.69, 9.17) is 16.3 Å². The maximum Gasteiger partial charge on any atom is 0.240 e. The number of benzene rings is 2. The number of halogens is 2. The minimum atomic E-state index is -1.35. The summed E-state index contributed by atoms with van der Waals surface area (Å²) < 4.78 is 18.5. The molecule has 2 aliphatic rings. The molecule has 2 aromatic rings. The van der Waals surface area contributed by atoms with Gasteiger partial charge in [-0.3, -0.25) is 19.3 Å². The molecular weight excluding hydrogens is 459 g/mol. The first-order valence-electron chi connectivity index (χ1n) is 11.5. The van der Waals surface area contributed by atoms with Crippen LogP contribution in [0.15, 0.2) is 48.5 Å². The van der Waals surface area contributed by atoms with E-state index in [1.54, 1.807) is 48.4 Å². The van der Waals surface area contributed by atoms with E-state index in [1.807, 2.05) is 0 Å². The van der Waals surface area contributed by atoms with Crippen molar-refractivity contribution in [2.75, 3.05) is 26.8 Å². The zero-order valence-corrected chi connectivity index (χ0v) is 19.9. The molecule has 2 atom stereocenters. The number of hydrogen-bond donors (Lipinski definition) is 0. The number of ether oxygens (including phenoxy) is 1. The van der Waals surface area contributed by atoms with E-state index < -0.39 is 11.3 Å². The van der Waals surface area contributed by atoms with Crippen molar-refractivity contribution >= 4 is 29.3 Å². The van der Waals surface area contributed by atoms with Crippen molar-refractivity contribution in [3.05, 3.63) is 70.5 Å². The van der Waals surface area contributed by atoms with Crippen LogP contribution in [-0.2, 0) is 24.5 Å². The van der Waals surface area contributed by atoms with Crippen LogP contribution in [0.3, 0.4) is 0 Å². The summed E-state index contributed by atoms with van der Waals surface area (Å²) in [6.07, 6.45) is 1.82. The molecule has 0 unspecified atom stereocenters. The second-order valence-corrected chi connectivity index (χ2v) is 9.32. The van der Waals surface area contributed by atoms with E-state index in [2.05, 4.69) is 0 Å². The lowest BCUT2D eigenvalue weighted by Crippen LogP contribution is -2.44. The highest BCUT2D eigenvalue weighted by atomic mass is 35.5. The Kier molecular flexibility index (Phi) is 7.33. The fourth-order valence-electron chi connectivity index (χ4n) is 5.14. The van der Waals surface area contributed by atoms with Crippen molar-refractivity contribution in [3.8, 4) is 0 Å². The van der Waals surface area contributed by atoms with Crippen molar-refractivity contribution in [1.29, 1.82) is 0 Å². The van der Waals surface area contributed by atoms with Gasteiger partial charge in [-0.1, -0.05) is 41.9 Å². The fraction of sp³-hybridized carbons (Fsp3) is 0.423. The lowest BCUT2D eigenvalue weighted by atomic mass is 9.75. The van der Waals surface area contributed by atoms with Crippen molar-refractivity contribution in [2.45, 2.75) is 43.6 Å². The molecule has 0 radical (unpaired) electrons. The third-order valence-corrected chi connectivity index (χ3v) is 7.14. The lowest BCUT2D eigenvalue weighted by Gasteiger charge is -2.32. The van der Waals surface area contributed by atoms with Crippen LogP contribution in [0.5, 0.6) is 0 Å². The number of hydrogen-bond acceptors (Lipinski definition) is 4. The topological polar surface area (TPSA) is 66.9 Å². The molecule has 2 aliphatic heterocycles. The van der Waals surface area contributed by atoms with Gasteiger partial charge in [0.05, 0.1) is 11.5 Å². The van der Waals surface area contributed by atoms with Crippen LogP contribution in [-0.4, -0.2) is 54.3 Å². The molecule has 0 saturated carbocycles. The van der Waals surface area contributed by atoms with Gasteiger partial charge in [-0.05, 0) is 48.6 Å². The van der Waals surface area contributed by atoms with Gasteiger partial charge in [0.25, 0.3) is 0 Å². The number of nitrogens with zero attached hydrogens (tertiary/aromatic N) is 2. The van der Waals surface area contributed by atoms with Crippen LogP contribution in [0.25, 0.3) is 0 Å². The molecule has 3 amide bonds. The summed E-state index contributed by atoms with van der Waals surface area (Å²) in [5, 5.41) is 0.353. The Bertz CT molecular complexity index is 1080. The number of carbonyl (C=O) groups excluding carboxylic acids is 3. The van der Waals surface area contributed by atoms with Gasteiger partial charge in [-0.25, -0.2) is 4.39 Å². The summed E-state index contributed by atoms with van der Waals surface area (Å²) in [5.41, 5.74) is -0.000560. The van der Waals surface area contributed by atoms with E-state index in [9.17, 15) is 18.8 Å². The van der Waals surface area contributed by atoms with Crippen molar-refractivity contribution < 1.29 is 23.5 Å². The van der Waals surface area contributed by atoms with Crippen molar-refractivity contribution in [2.24, 2.45) is 0 Å². The Morgan fingerprint density at radius 2 is 1.91 bits per heavy atom. The molecule has 2 saturated heterocycles. The maximum atomic E-state index is 13.7. The van der Waals surface area contributed by atoms with Crippen LogP contribution in [0.4, 0.5) is 4.39 Å². The van der Waals surface area contributed by atoms with Crippen LogP contribution in [0.2, 0.25) is 5.02 Å². The summed E-state index contributed by atoms with van der Waals surface area (Å²) in [5.74, 6) is -1.26. The first-order chi connectivity index (χ1) is 16.4. The standard InChI is InChI=1S/C26H28ClFN2O4/c1-34-15-5-14-30-24(32)17-26(25(30)33,20-6-2-3-7-21(20)27)16-23(31)29-13-4-8-22(29)18-9-11-19(28)12-10-18/h2-3,6-7,9-12,22H,4-5,8,13-17H2,1H3/t22-,26-/m1/s1. The molecule has 2 heterocycles. The Labute approximate surface area is 203 Å². The summed E-state index contributed by atoms with van der Waals surface area (Å²) in [6.45, 7) is 1.19. The van der Waals surface area contributed by atoms with Gasteiger partial charge in [-0.15, -0.1) is 0 Å². The molecule has 2 fully saturated rings. The van der Waals surface area contributed by atoms with Gasteiger partial charge in [0.2, 0.25) is 17.7 Å². The third-order valence-electron chi connectivity index (χ3n) is 6.81. The summed E-state index contributed by atoms with van der Waals surface area (Å²) >= 11 is 6.50. The van der Waals surface area contributed by atoms with E-state index in [0.29, 0.717) is 30.2 Å². The minimum Gasteiger partial charge on any atom is -0.385 e. The normalized spacial score (nSPS) is 22.6. The van der Waals surface area contributed by atoms with Crippen molar-refractivity contribution in [3.63, 3.8) is 0 Å². The van der Waals surface area contributed by atoms with Gasteiger partial charge in [0, 0.05) is 44.7 Å². The van der Waals surface area contributed by atoms with Crippen LogP contribution < -0.4 is 0 Å². The Morgan fingerprint density at radius 3 is 2.62 bits per heavy atom. The highest BCUT2D eigenvalue weighted by molar-refractivity contribution is 6.32. The predicted molar refractivity (Wildman–Crippen MR) is 126 cm³/mol. The quantitative estimate of drug-likeness (QED) is 0.413. The number of imide groups is 1. The summed E-state index contributed by atoms with van der Waals surface area (Å²) in [4.78, 5) is 43.3. The zero-order valence-electron chi connectivity index (χ0n) is 19.1. The summed E-state index contributed by atoms with van der Waals surface area (Å²) in [6, 6.07) is 12.9. The molecule has 0 aromatic heterocycles. The number of rotatable bonds is 8. The highest BCUT2D eigenvalue weighted by Gasteiger charge is 2.55. The van der Waals surface area contributed by atoms with Crippen LogP contribution in [0, 0.1) is 5.82 Å². The van der Waals surface area contributed by atoms with E-state index in [0.717, 1.165) is 18.4 Å². The largest absolute Gasteiger partial charge is 0.385 e. The SMILES string of the molecule is COCCCN1C(=O)C[C@](CC(=O)N2CCC[C@@H]2c2ccc(F)cc2)(c2ccccc2Cl)C1=O. The highest BCUT2D eigenvalue weighted by Crippen LogP contribution is 2.44. The molecule has 0 N–H and O–H groups in total. The Morgan fingerprint density at radius 1 is 1.18 bits per heavy atom. The average molecular weight is 487 g/mol. The van der Waals surface area contributed by atoms with Gasteiger partial charge in [0.1, 0.15) is 5.82 Å². The Balaban J connectivity index is 1.65. The maximum absolute atomic E-state index is 13.7. The number of carbonyl (C=O) groups is 3. The first-order valence-corrected chi connectivity index (χ1v) is 11.9. The number of methoxy groups -OCH3 is 1. The minimum absolute atomic E-state index is 0.108. The smallest absolute Gasteiger partial charge is 0.240 e. The monoisotopic (exact) mass is 486 g/mol. The van der Waals surface area contributed by atoms with E-state index in [-0.39, 0.29) is 43.1 Å². The summed E-state index contributed by atoms with van der Waals surface area (Å²) in [7, 11) is 1.56. The second-order valence-electron chi connectivity index (χ2n) is 8.91. The lowest BCUT2D eigenvalue weighted by molar-refractivity contribution is -0.143. The molecule has 6 nitrogen and oxygen atoms in total. The molecular formula is C26H28ClFN2O4. The van der Waals surface area contributed by atoms with Gasteiger partial charge >= 0.3 is 0 Å². The van der Waals surface area contributed by atoms with Gasteiger partial charge in [0.15, 0.2) is 0 Å². The second kappa shape index (κ2) is 10.2. The van der Waals surface area contributed by atoms with Gasteiger partial charge < -0.3 is 9.64 Å². The van der Waals surface area contributed by atoms with Crippen LogP contribution >= 0.6 is 11.6 Å². The van der Waals surface area contributed by atoms with E-state index >= 15 is 0 Å². The molecule has 34 heavy (non-hydrogen) atoms. The van der Waals surface area contributed by atoms with Gasteiger partial charge in [-0.2, -0.15) is 0 Å². The number of amides is 3. The zero-order chi connectivity index (χ0) is 24.3. The number of likely N-dealkylation sites (tertiary alicyclic amines) is 2. The molecule has 0 bridgehead atoms. The first kappa shape index (κ1) is 24.4. The molecule has 180 valence electrons. The van der Waals surface area contributed by atoms with Crippen LogP contribution in [0.1, 0.15) is 49.3 Å². The third kappa shape index (κ3) is 4.59. The average Bonchev–Trinajstić information content (AvgIpc) is 3.40. The molecule has 0 aliphatic carbocycles.